The van der Waals surface area contributed by atoms with Crippen LogP contribution in [-0.2, 0) is 17.8 Å². The monoisotopic (exact) mass is 388 g/mol. The number of urea groups is 1. The van der Waals surface area contributed by atoms with E-state index in [4.69, 9.17) is 4.74 Å². The third-order valence-electron chi connectivity index (χ3n) is 5.08. The Kier molecular flexibility index (Phi) is 7.37. The first-order chi connectivity index (χ1) is 13.6. The molecule has 2 N–H and O–H groups in total. The Morgan fingerprint density at radius 3 is 2.32 bits per heavy atom. The number of hydrogen-bond donors (Lipinski definition) is 2. The summed E-state index contributed by atoms with van der Waals surface area (Å²) in [5.41, 5.74) is 1.16. The number of amides is 2. The number of hydrogen-bond acceptors (Lipinski definition) is 2. The van der Waals surface area contributed by atoms with Crippen molar-refractivity contribution in [2.24, 2.45) is 0 Å². The van der Waals surface area contributed by atoms with Gasteiger partial charge in [0.25, 0.3) is 0 Å². The number of ether oxygens (including phenoxy) is 1. The molecule has 0 heterocycles. The second-order valence-corrected chi connectivity index (χ2v) is 7.12. The molecule has 0 aliphatic heterocycles. The highest BCUT2D eigenvalue weighted by Crippen LogP contribution is 2.23. The summed E-state index contributed by atoms with van der Waals surface area (Å²) in [7, 11) is 0. The van der Waals surface area contributed by atoms with Crippen molar-refractivity contribution in [3.63, 3.8) is 0 Å². The summed E-state index contributed by atoms with van der Waals surface area (Å²) in [5.74, 6) is -1.16. The van der Waals surface area contributed by atoms with E-state index in [1.807, 2.05) is 30.3 Å². The number of halogens is 2. The quantitative estimate of drug-likeness (QED) is 0.742. The van der Waals surface area contributed by atoms with Gasteiger partial charge in [-0.15, -0.1) is 0 Å². The fourth-order valence-electron chi connectivity index (χ4n) is 3.45. The van der Waals surface area contributed by atoms with Crippen molar-refractivity contribution in [1.29, 1.82) is 0 Å². The number of carbonyl (C=O) groups is 1. The van der Waals surface area contributed by atoms with E-state index in [1.165, 1.54) is 23.8 Å². The van der Waals surface area contributed by atoms with Crippen molar-refractivity contribution in [3.05, 3.63) is 71.3 Å². The molecule has 6 heteroatoms. The lowest BCUT2D eigenvalue weighted by Crippen LogP contribution is -2.44. The van der Waals surface area contributed by atoms with E-state index in [2.05, 4.69) is 10.6 Å². The van der Waals surface area contributed by atoms with Crippen molar-refractivity contribution in [1.82, 2.24) is 10.6 Å². The Hall–Kier alpha value is -2.47. The molecule has 2 amide bonds. The molecular formula is C22H26F2N2O2. The van der Waals surface area contributed by atoms with Crippen LogP contribution in [0.25, 0.3) is 0 Å². The molecule has 2 aromatic carbocycles. The predicted molar refractivity (Wildman–Crippen MR) is 104 cm³/mol. The number of benzene rings is 2. The Balaban J connectivity index is 1.33. The first-order valence-corrected chi connectivity index (χ1v) is 9.74. The van der Waals surface area contributed by atoms with E-state index >= 15 is 0 Å². The molecule has 1 fully saturated rings. The van der Waals surface area contributed by atoms with Gasteiger partial charge in [0, 0.05) is 18.2 Å². The molecule has 0 aromatic heterocycles. The minimum absolute atomic E-state index is 0.0273. The van der Waals surface area contributed by atoms with Crippen molar-refractivity contribution in [2.75, 3.05) is 6.54 Å². The molecule has 0 spiro atoms. The third kappa shape index (κ3) is 6.02. The van der Waals surface area contributed by atoms with Crippen LogP contribution in [-0.4, -0.2) is 24.7 Å². The van der Waals surface area contributed by atoms with Crippen LogP contribution in [0.15, 0.2) is 48.5 Å². The summed E-state index contributed by atoms with van der Waals surface area (Å²) < 4.78 is 33.0. The second kappa shape index (κ2) is 10.2. The Labute approximate surface area is 164 Å². The van der Waals surface area contributed by atoms with Gasteiger partial charge in [0.05, 0.1) is 12.7 Å². The van der Waals surface area contributed by atoms with E-state index in [1.54, 1.807) is 0 Å². The molecule has 0 saturated heterocycles. The van der Waals surface area contributed by atoms with Crippen molar-refractivity contribution >= 4 is 6.03 Å². The molecule has 1 aliphatic rings. The molecule has 0 bridgehead atoms. The highest BCUT2D eigenvalue weighted by Gasteiger charge is 2.23. The average Bonchev–Trinajstić information content (AvgIpc) is 2.70. The summed E-state index contributed by atoms with van der Waals surface area (Å²) >= 11 is 0. The smallest absolute Gasteiger partial charge is 0.315 e. The van der Waals surface area contributed by atoms with Gasteiger partial charge in [0.1, 0.15) is 11.6 Å². The van der Waals surface area contributed by atoms with Gasteiger partial charge in [-0.1, -0.05) is 36.4 Å². The topological polar surface area (TPSA) is 50.4 Å². The van der Waals surface area contributed by atoms with Crippen molar-refractivity contribution in [2.45, 2.75) is 50.9 Å². The highest BCUT2D eigenvalue weighted by atomic mass is 19.1. The molecule has 0 atom stereocenters. The Morgan fingerprint density at radius 2 is 1.64 bits per heavy atom. The van der Waals surface area contributed by atoms with Crippen molar-refractivity contribution in [3.8, 4) is 0 Å². The molecular weight excluding hydrogens is 362 g/mol. The summed E-state index contributed by atoms with van der Waals surface area (Å²) in [5, 5.41) is 5.88. The maximum absolute atomic E-state index is 13.6. The number of carbonyl (C=O) groups excluding carboxylic acids is 1. The van der Waals surface area contributed by atoms with E-state index in [0.29, 0.717) is 6.54 Å². The minimum Gasteiger partial charge on any atom is -0.373 e. The lowest BCUT2D eigenvalue weighted by Gasteiger charge is -2.29. The van der Waals surface area contributed by atoms with Gasteiger partial charge in [-0.25, -0.2) is 13.6 Å². The molecule has 3 rings (SSSR count). The summed E-state index contributed by atoms with van der Waals surface area (Å²) in [6.07, 6.45) is 3.84. The van der Waals surface area contributed by atoms with Crippen LogP contribution in [0.2, 0.25) is 0 Å². The normalized spacial score (nSPS) is 19.2. The van der Waals surface area contributed by atoms with Crippen LogP contribution in [0.1, 0.15) is 36.8 Å². The Bertz CT molecular complexity index is 742. The van der Waals surface area contributed by atoms with E-state index in [9.17, 15) is 13.6 Å². The SMILES string of the molecule is O=C(NCCc1ccccc1)NC1CCC(OCc2c(F)cccc2F)CC1. The predicted octanol–water partition coefficient (Wildman–Crippen LogP) is 4.33. The fraction of sp³-hybridized carbons (Fsp3) is 0.409. The second-order valence-electron chi connectivity index (χ2n) is 7.12. The first kappa shape index (κ1) is 20.3. The maximum atomic E-state index is 13.6. The summed E-state index contributed by atoms with van der Waals surface area (Å²) in [6.45, 7) is 0.518. The van der Waals surface area contributed by atoms with Crippen LogP contribution in [0.4, 0.5) is 13.6 Å². The van der Waals surface area contributed by atoms with Gasteiger partial charge in [-0.05, 0) is 49.8 Å². The standard InChI is InChI=1S/C22H26F2N2O2/c23-20-7-4-8-21(24)19(20)15-28-18-11-9-17(10-12-18)26-22(27)25-14-13-16-5-2-1-3-6-16/h1-8,17-18H,9-15H2,(H2,25,26,27). The van der Waals surface area contributed by atoms with Crippen LogP contribution in [0.3, 0.4) is 0 Å². The lowest BCUT2D eigenvalue weighted by atomic mass is 9.93. The van der Waals surface area contributed by atoms with Gasteiger partial charge in [-0.2, -0.15) is 0 Å². The largest absolute Gasteiger partial charge is 0.373 e. The molecule has 4 nitrogen and oxygen atoms in total. The first-order valence-electron chi connectivity index (χ1n) is 9.74. The molecule has 150 valence electrons. The Morgan fingerprint density at radius 1 is 0.964 bits per heavy atom. The lowest BCUT2D eigenvalue weighted by molar-refractivity contribution is 0.00953. The maximum Gasteiger partial charge on any atom is 0.315 e. The van der Waals surface area contributed by atoms with Gasteiger partial charge in [0.15, 0.2) is 0 Å². The number of rotatable bonds is 7. The van der Waals surface area contributed by atoms with Gasteiger partial charge >= 0.3 is 6.03 Å². The highest BCUT2D eigenvalue weighted by molar-refractivity contribution is 5.74. The number of nitrogens with one attached hydrogen (secondary N) is 2. The average molecular weight is 388 g/mol. The minimum atomic E-state index is -0.581. The van der Waals surface area contributed by atoms with Crippen molar-refractivity contribution < 1.29 is 18.3 Å². The molecule has 1 saturated carbocycles. The summed E-state index contributed by atoms with van der Waals surface area (Å²) in [4.78, 5) is 12.0. The third-order valence-corrected chi connectivity index (χ3v) is 5.08. The molecule has 1 aliphatic carbocycles. The zero-order chi connectivity index (χ0) is 19.8. The van der Waals surface area contributed by atoms with Crippen LogP contribution in [0.5, 0.6) is 0 Å². The van der Waals surface area contributed by atoms with E-state index in [-0.39, 0.29) is 30.3 Å². The van der Waals surface area contributed by atoms with E-state index < -0.39 is 11.6 Å². The zero-order valence-electron chi connectivity index (χ0n) is 15.8. The fourth-order valence-corrected chi connectivity index (χ4v) is 3.45. The van der Waals surface area contributed by atoms with Gasteiger partial charge in [0.2, 0.25) is 0 Å². The van der Waals surface area contributed by atoms with Gasteiger partial charge < -0.3 is 15.4 Å². The molecule has 2 aromatic rings. The van der Waals surface area contributed by atoms with E-state index in [0.717, 1.165) is 32.1 Å². The molecule has 0 unspecified atom stereocenters. The molecule has 0 radical (unpaired) electrons. The van der Waals surface area contributed by atoms with Crippen LogP contribution in [0, 0.1) is 11.6 Å². The van der Waals surface area contributed by atoms with Gasteiger partial charge in [-0.3, -0.25) is 0 Å². The van der Waals surface area contributed by atoms with Crippen LogP contribution < -0.4 is 10.6 Å². The molecule has 28 heavy (non-hydrogen) atoms. The summed E-state index contributed by atoms with van der Waals surface area (Å²) in [6, 6.07) is 13.8. The zero-order valence-corrected chi connectivity index (χ0v) is 15.8. The van der Waals surface area contributed by atoms with Crippen LogP contribution >= 0.6 is 0 Å².